The minimum atomic E-state index is -1.53. The number of hydrogen-bond donors (Lipinski definition) is 3. The van der Waals surface area contributed by atoms with Crippen LogP contribution in [0.4, 0.5) is 0 Å². The first-order chi connectivity index (χ1) is 19.6. The number of carbonyl (C=O) groups excluding carboxylic acids is 1. The molecule has 2 rings (SSSR count). The van der Waals surface area contributed by atoms with Gasteiger partial charge in [0.2, 0.25) is 0 Å². The molecule has 0 aliphatic heterocycles. The van der Waals surface area contributed by atoms with E-state index >= 15 is 0 Å². The number of aliphatic hydroxyl groups is 1. The predicted molar refractivity (Wildman–Crippen MR) is 184 cm³/mol. The van der Waals surface area contributed by atoms with Crippen LogP contribution in [-0.2, 0) is 31.2 Å². The standard InChI is InChI=1S/C36H54O6S2/c1-32(2,3)23-17-21(18-24(29(23)40)33(4,5)6)43-36(13,14)44-22-19-25(34(7,8)9)30(26(20-22)35(10,11)12)42-31(41)27(37)15-16-28(38)39/h17-20,27,37,40H,15-16H2,1-14H3,(H,38,39)/t27-/m0/s1. The highest BCUT2D eigenvalue weighted by molar-refractivity contribution is 8.18. The smallest absolute Gasteiger partial charge is 0.340 e. The molecule has 6 nitrogen and oxygen atoms in total. The Kier molecular flexibility index (Phi) is 11.5. The van der Waals surface area contributed by atoms with Crippen LogP contribution in [0.2, 0.25) is 0 Å². The number of carboxylic acid groups (broad SMARTS) is 1. The van der Waals surface area contributed by atoms with Crippen molar-refractivity contribution in [3.8, 4) is 11.5 Å². The van der Waals surface area contributed by atoms with Gasteiger partial charge in [0.15, 0.2) is 6.10 Å². The Morgan fingerprint density at radius 2 is 1.02 bits per heavy atom. The summed E-state index contributed by atoms with van der Waals surface area (Å²) in [6.45, 7) is 29.4. The summed E-state index contributed by atoms with van der Waals surface area (Å²) in [5.41, 5.74) is 2.28. The molecular weight excluding hydrogens is 593 g/mol. The van der Waals surface area contributed by atoms with Crippen molar-refractivity contribution in [2.24, 2.45) is 0 Å². The number of carbonyl (C=O) groups is 2. The van der Waals surface area contributed by atoms with Crippen LogP contribution in [0.3, 0.4) is 0 Å². The van der Waals surface area contributed by atoms with Crippen LogP contribution in [0.5, 0.6) is 11.5 Å². The van der Waals surface area contributed by atoms with Crippen LogP contribution in [0, 0.1) is 0 Å². The van der Waals surface area contributed by atoms with Gasteiger partial charge in [-0.1, -0.05) is 83.1 Å². The van der Waals surface area contributed by atoms with Gasteiger partial charge in [-0.3, -0.25) is 4.79 Å². The van der Waals surface area contributed by atoms with Crippen molar-refractivity contribution in [3.63, 3.8) is 0 Å². The van der Waals surface area contributed by atoms with Crippen LogP contribution in [-0.4, -0.2) is 37.4 Å². The molecule has 0 heterocycles. The lowest BCUT2D eigenvalue weighted by atomic mass is 9.79. The fraction of sp³-hybridized carbons (Fsp3) is 0.611. The van der Waals surface area contributed by atoms with E-state index in [1.807, 2.05) is 0 Å². The lowest BCUT2D eigenvalue weighted by Crippen LogP contribution is -2.29. The zero-order valence-electron chi connectivity index (χ0n) is 29.2. The van der Waals surface area contributed by atoms with Gasteiger partial charge in [0.25, 0.3) is 0 Å². The number of ether oxygens (including phenoxy) is 1. The number of esters is 1. The summed E-state index contributed by atoms with van der Waals surface area (Å²) < 4.78 is 5.58. The molecule has 44 heavy (non-hydrogen) atoms. The first-order valence-corrected chi connectivity index (χ1v) is 16.8. The molecule has 0 radical (unpaired) electrons. The second-order valence-electron chi connectivity index (χ2n) is 16.2. The maximum atomic E-state index is 12.9. The molecule has 246 valence electrons. The summed E-state index contributed by atoms with van der Waals surface area (Å²) in [4.78, 5) is 26.0. The molecule has 2 aromatic rings. The number of aliphatic hydroxyl groups excluding tert-OH is 1. The molecule has 0 fully saturated rings. The van der Waals surface area contributed by atoms with Gasteiger partial charge in [-0.15, -0.1) is 23.5 Å². The van der Waals surface area contributed by atoms with Crippen molar-refractivity contribution < 1.29 is 29.6 Å². The Bertz CT molecular complexity index is 1290. The molecule has 8 heteroatoms. The van der Waals surface area contributed by atoms with Crippen molar-refractivity contribution in [2.45, 2.75) is 151 Å². The maximum Gasteiger partial charge on any atom is 0.340 e. The fourth-order valence-corrected chi connectivity index (χ4v) is 7.42. The number of carboxylic acids is 1. The largest absolute Gasteiger partial charge is 0.507 e. The average Bonchev–Trinajstić information content (AvgIpc) is 2.80. The highest BCUT2D eigenvalue weighted by Gasteiger charge is 2.33. The Morgan fingerprint density at radius 1 is 0.682 bits per heavy atom. The van der Waals surface area contributed by atoms with E-state index in [9.17, 15) is 19.8 Å². The zero-order valence-corrected chi connectivity index (χ0v) is 30.8. The van der Waals surface area contributed by atoms with E-state index in [0.29, 0.717) is 11.5 Å². The number of rotatable bonds is 9. The molecule has 2 aromatic carbocycles. The molecule has 0 saturated heterocycles. The SMILES string of the molecule is CC(C)(Sc1cc(C(C)(C)C)c(O)c(C(C)(C)C)c1)Sc1cc(C(C)(C)C)c(OC(=O)[C@@H](O)CCC(=O)O)c(C(C)(C)C)c1. The van der Waals surface area contributed by atoms with Gasteiger partial charge < -0.3 is 20.1 Å². The monoisotopic (exact) mass is 646 g/mol. The predicted octanol–water partition coefficient (Wildman–Crippen LogP) is 9.33. The molecule has 0 aromatic heterocycles. The molecule has 0 amide bonds. The summed E-state index contributed by atoms with van der Waals surface area (Å²) >= 11 is 3.47. The van der Waals surface area contributed by atoms with Crippen LogP contribution in [0.15, 0.2) is 34.1 Å². The van der Waals surface area contributed by atoms with E-state index in [2.05, 4.69) is 121 Å². The second-order valence-corrected chi connectivity index (χ2v) is 19.8. The molecule has 1 atom stereocenters. The number of thioether (sulfide) groups is 2. The van der Waals surface area contributed by atoms with Gasteiger partial charge in [0.05, 0.1) is 4.08 Å². The van der Waals surface area contributed by atoms with Crippen molar-refractivity contribution in [3.05, 3.63) is 46.5 Å². The van der Waals surface area contributed by atoms with Gasteiger partial charge in [-0.25, -0.2) is 4.79 Å². The lowest BCUT2D eigenvalue weighted by Gasteiger charge is -2.32. The third kappa shape index (κ3) is 10.2. The van der Waals surface area contributed by atoms with E-state index in [4.69, 9.17) is 9.84 Å². The summed E-state index contributed by atoms with van der Waals surface area (Å²) in [5.74, 6) is -1.15. The number of phenols is 1. The molecule has 0 saturated carbocycles. The number of benzene rings is 2. The van der Waals surface area contributed by atoms with Gasteiger partial charge in [-0.05, 0) is 66.2 Å². The van der Waals surface area contributed by atoms with Crippen molar-refractivity contribution in [1.82, 2.24) is 0 Å². The number of hydrogen-bond acceptors (Lipinski definition) is 7. The number of phenolic OH excluding ortho intramolecular Hbond substituents is 1. The summed E-state index contributed by atoms with van der Waals surface area (Å²) in [7, 11) is 0. The minimum absolute atomic E-state index is 0.214. The Labute approximate surface area is 273 Å². The highest BCUT2D eigenvalue weighted by atomic mass is 32.2. The van der Waals surface area contributed by atoms with Crippen LogP contribution in [0.25, 0.3) is 0 Å². The number of aromatic hydroxyl groups is 1. The fourth-order valence-electron chi connectivity index (χ4n) is 4.83. The molecule has 0 aliphatic carbocycles. The topological polar surface area (TPSA) is 104 Å². The van der Waals surface area contributed by atoms with Crippen molar-refractivity contribution in [2.75, 3.05) is 0 Å². The first kappa shape index (κ1) is 38.0. The van der Waals surface area contributed by atoms with Crippen LogP contribution < -0.4 is 4.74 Å². The van der Waals surface area contributed by atoms with Gasteiger partial charge in [0.1, 0.15) is 11.5 Å². The zero-order chi connectivity index (χ0) is 34.2. The second kappa shape index (κ2) is 13.3. The molecule has 3 N–H and O–H groups in total. The van der Waals surface area contributed by atoms with E-state index in [0.717, 1.165) is 32.0 Å². The maximum absolute atomic E-state index is 12.9. The third-order valence-corrected chi connectivity index (χ3v) is 9.64. The Hall–Kier alpha value is -2.16. The van der Waals surface area contributed by atoms with E-state index < -0.39 is 28.9 Å². The van der Waals surface area contributed by atoms with Gasteiger partial charge in [-0.2, -0.15) is 0 Å². The van der Waals surface area contributed by atoms with Gasteiger partial charge >= 0.3 is 11.9 Å². The third-order valence-electron chi connectivity index (χ3n) is 7.21. The minimum Gasteiger partial charge on any atom is -0.507 e. The highest BCUT2D eigenvalue weighted by Crippen LogP contribution is 2.51. The van der Waals surface area contributed by atoms with Gasteiger partial charge in [0, 0.05) is 38.5 Å². The average molecular weight is 647 g/mol. The summed E-state index contributed by atoms with van der Waals surface area (Å²) in [6, 6.07) is 8.34. The molecular formula is C36H54O6S2. The number of aliphatic carboxylic acids is 1. The van der Waals surface area contributed by atoms with E-state index in [-0.39, 0.29) is 27.8 Å². The van der Waals surface area contributed by atoms with E-state index in [1.165, 1.54) is 0 Å². The van der Waals surface area contributed by atoms with E-state index in [1.54, 1.807) is 23.5 Å². The quantitative estimate of drug-likeness (QED) is 0.107. The Balaban J connectivity index is 2.61. The Morgan fingerprint density at radius 3 is 1.34 bits per heavy atom. The molecule has 0 unspecified atom stereocenters. The van der Waals surface area contributed by atoms with Crippen molar-refractivity contribution in [1.29, 1.82) is 0 Å². The summed E-state index contributed by atoms with van der Waals surface area (Å²) in [6.07, 6.45) is -2.07. The molecule has 0 aliphatic rings. The van der Waals surface area contributed by atoms with Crippen LogP contribution in [0.1, 0.15) is 132 Å². The van der Waals surface area contributed by atoms with Crippen LogP contribution >= 0.6 is 23.5 Å². The molecule has 0 spiro atoms. The first-order valence-electron chi connectivity index (χ1n) is 15.2. The van der Waals surface area contributed by atoms with Crippen molar-refractivity contribution >= 4 is 35.5 Å². The molecule has 0 bridgehead atoms. The summed E-state index contributed by atoms with van der Waals surface area (Å²) in [5, 5.41) is 30.6. The lowest BCUT2D eigenvalue weighted by molar-refractivity contribution is -0.145. The normalized spacial score (nSPS) is 14.0.